The lowest BCUT2D eigenvalue weighted by atomic mass is 9.89. The van der Waals surface area contributed by atoms with E-state index in [-0.39, 0.29) is 11.9 Å². The van der Waals surface area contributed by atoms with Crippen LogP contribution in [-0.2, 0) is 0 Å². The third-order valence-electron chi connectivity index (χ3n) is 4.81. The van der Waals surface area contributed by atoms with Gasteiger partial charge in [-0.3, -0.25) is 0 Å². The predicted molar refractivity (Wildman–Crippen MR) is 73.4 cm³/mol. The first-order valence-corrected chi connectivity index (χ1v) is 7.31. The van der Waals surface area contributed by atoms with Crippen molar-refractivity contribution >= 4 is 0 Å². The zero-order chi connectivity index (χ0) is 13.4. The van der Waals surface area contributed by atoms with Crippen LogP contribution in [0.5, 0.6) is 5.75 Å². The number of hydrogen-bond donors (Lipinski definition) is 1. The highest BCUT2D eigenvalue weighted by Crippen LogP contribution is 2.48. The van der Waals surface area contributed by atoms with Crippen LogP contribution in [0.25, 0.3) is 0 Å². The first-order chi connectivity index (χ1) is 9.13. The maximum absolute atomic E-state index is 13.8. The van der Waals surface area contributed by atoms with Gasteiger partial charge in [-0.1, -0.05) is 12.5 Å². The van der Waals surface area contributed by atoms with Gasteiger partial charge in [0.15, 0.2) is 0 Å². The Bertz CT molecular complexity index is 460. The predicted octanol–water partition coefficient (Wildman–Crippen LogP) is 3.66. The molecule has 2 fully saturated rings. The van der Waals surface area contributed by atoms with Crippen LogP contribution >= 0.6 is 0 Å². The molecule has 2 aliphatic rings. The van der Waals surface area contributed by atoms with Crippen molar-refractivity contribution in [2.75, 3.05) is 6.61 Å². The highest BCUT2D eigenvalue weighted by molar-refractivity contribution is 5.30. The van der Waals surface area contributed by atoms with Gasteiger partial charge in [-0.2, -0.15) is 0 Å². The minimum Gasteiger partial charge on any atom is -0.493 e. The SMILES string of the molecule is C[C@@H](N)c1ccc(OCC2CC3CCC2C3)cc1F. The van der Waals surface area contributed by atoms with Crippen LogP contribution in [0.3, 0.4) is 0 Å². The van der Waals surface area contributed by atoms with Crippen molar-refractivity contribution in [3.05, 3.63) is 29.6 Å². The van der Waals surface area contributed by atoms with E-state index in [1.165, 1.54) is 31.7 Å². The summed E-state index contributed by atoms with van der Waals surface area (Å²) < 4.78 is 19.6. The molecule has 19 heavy (non-hydrogen) atoms. The second-order valence-corrected chi connectivity index (χ2v) is 6.22. The standard InChI is InChI=1S/C16H22FNO/c1-10(18)15-5-4-14(8-16(15)17)19-9-13-7-11-2-3-12(13)6-11/h4-5,8,10-13H,2-3,6-7,9,18H2,1H3/t10-,11?,12?,13?/m1/s1. The van der Waals surface area contributed by atoms with E-state index in [0.29, 0.717) is 17.2 Å². The first kappa shape index (κ1) is 12.9. The lowest BCUT2D eigenvalue weighted by Gasteiger charge is -2.22. The maximum Gasteiger partial charge on any atom is 0.131 e. The normalized spacial score (nSPS) is 30.6. The summed E-state index contributed by atoms with van der Waals surface area (Å²) in [6, 6.07) is 4.75. The molecule has 2 N–H and O–H groups in total. The molecule has 2 saturated carbocycles. The topological polar surface area (TPSA) is 35.2 Å². The molecule has 0 saturated heterocycles. The molecule has 0 aliphatic heterocycles. The van der Waals surface area contributed by atoms with Crippen molar-refractivity contribution in [2.24, 2.45) is 23.5 Å². The molecule has 2 aliphatic carbocycles. The third kappa shape index (κ3) is 2.62. The lowest BCUT2D eigenvalue weighted by molar-refractivity contribution is 0.194. The van der Waals surface area contributed by atoms with Crippen LogP contribution in [0.1, 0.15) is 44.2 Å². The van der Waals surface area contributed by atoms with Crippen molar-refractivity contribution in [2.45, 2.75) is 38.6 Å². The lowest BCUT2D eigenvalue weighted by Crippen LogP contribution is -2.18. The summed E-state index contributed by atoms with van der Waals surface area (Å²) in [5.41, 5.74) is 6.25. The highest BCUT2D eigenvalue weighted by atomic mass is 19.1. The Morgan fingerprint density at radius 1 is 1.37 bits per heavy atom. The molecule has 104 valence electrons. The van der Waals surface area contributed by atoms with Crippen LogP contribution in [0.15, 0.2) is 18.2 Å². The Kier molecular flexibility index (Phi) is 3.48. The summed E-state index contributed by atoms with van der Waals surface area (Å²) in [6.45, 7) is 2.52. The minimum atomic E-state index is -0.278. The van der Waals surface area contributed by atoms with E-state index >= 15 is 0 Å². The van der Waals surface area contributed by atoms with Gasteiger partial charge in [0.1, 0.15) is 11.6 Å². The summed E-state index contributed by atoms with van der Waals surface area (Å²) in [4.78, 5) is 0. The van der Waals surface area contributed by atoms with E-state index in [2.05, 4.69) is 0 Å². The molecule has 0 radical (unpaired) electrons. The van der Waals surface area contributed by atoms with Gasteiger partial charge in [-0.15, -0.1) is 0 Å². The van der Waals surface area contributed by atoms with Gasteiger partial charge in [-0.05, 0) is 50.0 Å². The molecule has 2 bridgehead atoms. The molecule has 0 heterocycles. The van der Waals surface area contributed by atoms with Crippen molar-refractivity contribution in [1.82, 2.24) is 0 Å². The molecular formula is C16H22FNO. The van der Waals surface area contributed by atoms with Crippen molar-refractivity contribution < 1.29 is 9.13 Å². The van der Waals surface area contributed by atoms with Gasteiger partial charge in [0, 0.05) is 17.7 Å². The molecule has 0 spiro atoms. The van der Waals surface area contributed by atoms with Gasteiger partial charge < -0.3 is 10.5 Å². The van der Waals surface area contributed by atoms with Crippen LogP contribution in [0, 0.1) is 23.6 Å². The molecule has 3 heteroatoms. The number of ether oxygens (including phenoxy) is 1. The molecule has 1 aromatic carbocycles. The van der Waals surface area contributed by atoms with E-state index in [4.69, 9.17) is 10.5 Å². The van der Waals surface area contributed by atoms with Gasteiger partial charge >= 0.3 is 0 Å². The van der Waals surface area contributed by atoms with Gasteiger partial charge in [0.25, 0.3) is 0 Å². The van der Waals surface area contributed by atoms with Crippen molar-refractivity contribution in [3.8, 4) is 5.75 Å². The summed E-state index contributed by atoms with van der Waals surface area (Å²) >= 11 is 0. The Morgan fingerprint density at radius 3 is 2.79 bits per heavy atom. The van der Waals surface area contributed by atoms with Gasteiger partial charge in [0.2, 0.25) is 0 Å². The monoisotopic (exact) mass is 263 g/mol. The van der Waals surface area contributed by atoms with Crippen LogP contribution in [-0.4, -0.2) is 6.61 Å². The van der Waals surface area contributed by atoms with Crippen molar-refractivity contribution in [1.29, 1.82) is 0 Å². The Morgan fingerprint density at radius 2 is 2.21 bits per heavy atom. The largest absolute Gasteiger partial charge is 0.493 e. The van der Waals surface area contributed by atoms with Crippen LogP contribution < -0.4 is 10.5 Å². The summed E-state index contributed by atoms with van der Waals surface area (Å²) in [5.74, 6) is 2.81. The third-order valence-corrected chi connectivity index (χ3v) is 4.81. The summed E-state index contributed by atoms with van der Waals surface area (Å²) in [7, 11) is 0. The molecule has 3 rings (SSSR count). The Hall–Kier alpha value is -1.09. The fraction of sp³-hybridized carbons (Fsp3) is 0.625. The van der Waals surface area contributed by atoms with Crippen LogP contribution in [0.2, 0.25) is 0 Å². The Balaban J connectivity index is 1.60. The number of nitrogens with two attached hydrogens (primary N) is 1. The quantitative estimate of drug-likeness (QED) is 0.899. The molecule has 0 amide bonds. The average Bonchev–Trinajstić information content (AvgIpc) is 2.98. The van der Waals surface area contributed by atoms with E-state index < -0.39 is 0 Å². The number of rotatable bonds is 4. The number of fused-ring (bicyclic) bond motifs is 2. The number of hydrogen-bond acceptors (Lipinski definition) is 2. The summed E-state index contributed by atoms with van der Waals surface area (Å²) in [6.07, 6.45) is 5.44. The second-order valence-electron chi connectivity index (χ2n) is 6.22. The van der Waals surface area contributed by atoms with E-state index in [1.807, 2.05) is 6.07 Å². The molecule has 1 aromatic rings. The zero-order valence-corrected chi connectivity index (χ0v) is 11.4. The second kappa shape index (κ2) is 5.12. The first-order valence-electron chi connectivity index (χ1n) is 7.31. The minimum absolute atomic E-state index is 0.263. The fourth-order valence-electron chi connectivity index (χ4n) is 3.75. The Labute approximate surface area is 114 Å². The van der Waals surface area contributed by atoms with Gasteiger partial charge in [0.05, 0.1) is 6.61 Å². The fourth-order valence-corrected chi connectivity index (χ4v) is 3.75. The van der Waals surface area contributed by atoms with E-state index in [1.54, 1.807) is 13.0 Å². The zero-order valence-electron chi connectivity index (χ0n) is 11.4. The molecule has 4 atom stereocenters. The molecule has 0 aromatic heterocycles. The molecular weight excluding hydrogens is 241 g/mol. The van der Waals surface area contributed by atoms with E-state index in [9.17, 15) is 4.39 Å². The molecule has 2 nitrogen and oxygen atoms in total. The van der Waals surface area contributed by atoms with Crippen LogP contribution in [0.4, 0.5) is 4.39 Å². The smallest absolute Gasteiger partial charge is 0.131 e. The maximum atomic E-state index is 13.8. The average molecular weight is 263 g/mol. The number of halogens is 1. The highest BCUT2D eigenvalue weighted by Gasteiger charge is 2.39. The summed E-state index contributed by atoms with van der Waals surface area (Å²) in [5, 5.41) is 0. The van der Waals surface area contributed by atoms with Crippen molar-refractivity contribution in [3.63, 3.8) is 0 Å². The van der Waals surface area contributed by atoms with Gasteiger partial charge in [-0.25, -0.2) is 4.39 Å². The van der Waals surface area contributed by atoms with E-state index in [0.717, 1.165) is 18.4 Å². The number of benzene rings is 1. The molecule has 3 unspecified atom stereocenters.